The summed E-state index contributed by atoms with van der Waals surface area (Å²) in [7, 11) is 1.58. The number of rotatable bonds is 9. The number of benzene rings is 2. The van der Waals surface area contributed by atoms with Crippen LogP contribution in [0.25, 0.3) is 10.6 Å². The largest absolute Gasteiger partial charge is 0.573 e. The fourth-order valence-electron chi connectivity index (χ4n) is 3.12. The van der Waals surface area contributed by atoms with Crippen LogP contribution in [0, 0.1) is 0 Å². The van der Waals surface area contributed by atoms with Gasteiger partial charge in [-0.2, -0.15) is 0 Å². The van der Waals surface area contributed by atoms with Gasteiger partial charge in [0.25, 0.3) is 0 Å². The Morgan fingerprint density at radius 3 is 2.59 bits per heavy atom. The van der Waals surface area contributed by atoms with E-state index < -0.39 is 18.1 Å². The number of nitrogens with zero attached hydrogens (tertiary/aromatic N) is 4. The summed E-state index contributed by atoms with van der Waals surface area (Å²) in [5.74, 6) is -0.414. The third-order valence-electron chi connectivity index (χ3n) is 4.74. The van der Waals surface area contributed by atoms with Crippen molar-refractivity contribution in [2.45, 2.75) is 29.9 Å². The van der Waals surface area contributed by atoms with E-state index in [2.05, 4.69) is 20.0 Å². The van der Waals surface area contributed by atoms with Gasteiger partial charge in [-0.05, 0) is 54.6 Å². The summed E-state index contributed by atoms with van der Waals surface area (Å²) in [6.45, 7) is 2.19. The molecule has 0 unspecified atom stereocenters. The Morgan fingerprint density at radius 1 is 1.19 bits per heavy atom. The molecule has 0 aliphatic heterocycles. The highest BCUT2D eigenvalue weighted by Gasteiger charge is 2.32. The van der Waals surface area contributed by atoms with Gasteiger partial charge in [0.1, 0.15) is 26.6 Å². The van der Waals surface area contributed by atoms with E-state index in [-0.39, 0.29) is 17.3 Å². The molecular weight excluding hydrogens is 553 g/mol. The Labute approximate surface area is 222 Å². The van der Waals surface area contributed by atoms with Gasteiger partial charge in [0.2, 0.25) is 5.69 Å². The number of aromatic nitrogens is 4. The molecule has 0 spiro atoms. The maximum atomic E-state index is 12.5. The third-order valence-corrected chi connectivity index (χ3v) is 7.09. The molecule has 0 aliphatic carbocycles. The fourth-order valence-corrected chi connectivity index (χ4v) is 5.17. The average Bonchev–Trinajstić information content (AvgIpc) is 3.48. The van der Waals surface area contributed by atoms with Crippen molar-refractivity contribution in [2.24, 2.45) is 0 Å². The summed E-state index contributed by atoms with van der Waals surface area (Å²) in [5.41, 5.74) is 1.45. The summed E-state index contributed by atoms with van der Waals surface area (Å²) in [6.07, 6.45) is -4.85. The minimum absolute atomic E-state index is 0.0478. The van der Waals surface area contributed by atoms with E-state index in [9.17, 15) is 18.0 Å². The smallest absolute Gasteiger partial charge is 0.497 e. The van der Waals surface area contributed by atoms with Crippen molar-refractivity contribution < 1.29 is 32.2 Å². The minimum Gasteiger partial charge on any atom is -0.497 e. The van der Waals surface area contributed by atoms with E-state index in [0.717, 1.165) is 23.4 Å². The van der Waals surface area contributed by atoms with Crippen LogP contribution >= 0.6 is 34.7 Å². The van der Waals surface area contributed by atoms with Crippen LogP contribution in [0.1, 0.15) is 23.0 Å². The van der Waals surface area contributed by atoms with Crippen LogP contribution in [0.15, 0.2) is 57.9 Å². The predicted octanol–water partition coefficient (Wildman–Crippen LogP) is 6.34. The van der Waals surface area contributed by atoms with Gasteiger partial charge in [0.05, 0.1) is 25.3 Å². The molecule has 0 saturated carbocycles. The van der Waals surface area contributed by atoms with Gasteiger partial charge in [-0.3, -0.25) is 0 Å². The van der Waals surface area contributed by atoms with Crippen LogP contribution in [0.4, 0.5) is 13.2 Å². The number of ether oxygens (including phenoxy) is 3. The molecular formula is C23H18ClF3N4O4S2. The minimum atomic E-state index is -4.85. The van der Waals surface area contributed by atoms with Crippen molar-refractivity contribution in [3.63, 3.8) is 0 Å². The van der Waals surface area contributed by atoms with Crippen LogP contribution in [0.5, 0.6) is 11.5 Å². The molecule has 0 radical (unpaired) electrons. The monoisotopic (exact) mass is 570 g/mol. The quantitative estimate of drug-likeness (QED) is 0.215. The number of halogens is 4. The van der Waals surface area contributed by atoms with Crippen molar-refractivity contribution in [2.75, 3.05) is 13.7 Å². The average molecular weight is 571 g/mol. The fraction of sp³-hybridized carbons (Fsp3) is 0.217. The van der Waals surface area contributed by atoms with E-state index in [1.807, 2.05) is 24.3 Å². The molecule has 194 valence electrons. The molecule has 4 rings (SSSR count). The number of alkyl halides is 3. The zero-order valence-electron chi connectivity index (χ0n) is 19.3. The van der Waals surface area contributed by atoms with Crippen molar-refractivity contribution in [1.82, 2.24) is 20.0 Å². The number of carbonyl (C=O) groups is 1. The molecule has 0 atom stereocenters. The first-order valence-electron chi connectivity index (χ1n) is 10.6. The van der Waals surface area contributed by atoms with Crippen LogP contribution in [-0.2, 0) is 11.3 Å². The Kier molecular flexibility index (Phi) is 8.25. The second kappa shape index (κ2) is 11.4. The number of hydrogen-bond donors (Lipinski definition) is 0. The second-order valence-corrected chi connectivity index (χ2v) is 9.53. The normalized spacial score (nSPS) is 11.4. The highest BCUT2D eigenvalue weighted by atomic mass is 35.5. The van der Waals surface area contributed by atoms with E-state index in [1.165, 1.54) is 23.5 Å². The van der Waals surface area contributed by atoms with Crippen LogP contribution in [0.3, 0.4) is 0 Å². The molecule has 0 bridgehead atoms. The molecule has 0 fully saturated rings. The highest BCUT2D eigenvalue weighted by Crippen LogP contribution is 2.37. The second-order valence-electron chi connectivity index (χ2n) is 7.26. The number of methoxy groups -OCH3 is 1. The van der Waals surface area contributed by atoms with E-state index in [0.29, 0.717) is 32.9 Å². The first-order chi connectivity index (χ1) is 17.7. The topological polar surface area (TPSA) is 88.4 Å². The molecule has 0 aliphatic rings. The third kappa shape index (κ3) is 6.73. The summed E-state index contributed by atoms with van der Waals surface area (Å²) in [4.78, 5) is 17.0. The van der Waals surface area contributed by atoms with E-state index in [4.69, 9.17) is 21.1 Å². The Balaban J connectivity index is 1.60. The number of hydrogen-bond acceptors (Lipinski definition) is 9. The molecule has 0 saturated heterocycles. The molecule has 37 heavy (non-hydrogen) atoms. The van der Waals surface area contributed by atoms with Crippen LogP contribution in [0.2, 0.25) is 5.02 Å². The van der Waals surface area contributed by atoms with Gasteiger partial charge in [-0.1, -0.05) is 28.9 Å². The van der Waals surface area contributed by atoms with Crippen molar-refractivity contribution in [3.05, 3.63) is 64.1 Å². The van der Waals surface area contributed by atoms with Gasteiger partial charge in [0, 0.05) is 10.9 Å². The van der Waals surface area contributed by atoms with Crippen LogP contribution in [-0.4, -0.2) is 46.0 Å². The summed E-state index contributed by atoms with van der Waals surface area (Å²) in [6, 6.07) is 11.3. The maximum Gasteiger partial charge on any atom is 0.573 e. The van der Waals surface area contributed by atoms with Crippen molar-refractivity contribution >= 4 is 40.7 Å². The lowest BCUT2D eigenvalue weighted by molar-refractivity contribution is -0.274. The molecule has 0 N–H and O–H groups in total. The Hall–Kier alpha value is -3.29. The standard InChI is InChI=1S/C23H18ClF3N4O4S2/c1-3-34-22(32)19-21(31(30-29-19)11-13-4-7-15(33-2)8-5-13)37-18-12-36-20(28-18)14-6-9-17(16(24)10-14)35-23(25,26)27/h4-10,12H,3,11H2,1-2H3. The van der Waals surface area contributed by atoms with E-state index in [1.54, 1.807) is 24.1 Å². The molecule has 8 nitrogen and oxygen atoms in total. The lowest BCUT2D eigenvalue weighted by Gasteiger charge is -2.10. The van der Waals surface area contributed by atoms with Gasteiger partial charge in [-0.25, -0.2) is 14.5 Å². The number of carbonyl (C=O) groups excluding carboxylic acids is 1. The van der Waals surface area contributed by atoms with Gasteiger partial charge in [0.15, 0.2) is 0 Å². The number of thiazole rings is 1. The summed E-state index contributed by atoms with van der Waals surface area (Å²) in [5, 5.41) is 11.2. The highest BCUT2D eigenvalue weighted by molar-refractivity contribution is 7.99. The zero-order valence-corrected chi connectivity index (χ0v) is 21.7. The lowest BCUT2D eigenvalue weighted by Crippen LogP contribution is -2.17. The summed E-state index contributed by atoms with van der Waals surface area (Å²) < 4.78 is 53.4. The SMILES string of the molecule is CCOC(=O)c1nnn(Cc2ccc(OC)cc2)c1Sc1csc(-c2ccc(OC(F)(F)F)c(Cl)c2)n1. The molecule has 2 aromatic heterocycles. The van der Waals surface area contributed by atoms with Crippen LogP contribution < -0.4 is 9.47 Å². The lowest BCUT2D eigenvalue weighted by atomic mass is 10.2. The zero-order chi connectivity index (χ0) is 26.6. The molecule has 2 aromatic carbocycles. The van der Waals surface area contributed by atoms with Gasteiger partial charge >= 0.3 is 12.3 Å². The van der Waals surface area contributed by atoms with E-state index >= 15 is 0 Å². The first-order valence-corrected chi connectivity index (χ1v) is 12.7. The molecule has 14 heteroatoms. The molecule has 2 heterocycles. The molecule has 0 amide bonds. The molecule has 4 aromatic rings. The first kappa shape index (κ1) is 26.8. The number of esters is 1. The predicted molar refractivity (Wildman–Crippen MR) is 131 cm³/mol. The van der Waals surface area contributed by atoms with Gasteiger partial charge in [-0.15, -0.1) is 29.6 Å². The van der Waals surface area contributed by atoms with Gasteiger partial charge < -0.3 is 14.2 Å². The maximum absolute atomic E-state index is 12.5. The summed E-state index contributed by atoms with van der Waals surface area (Å²) >= 11 is 8.40. The van der Waals surface area contributed by atoms with Crippen molar-refractivity contribution in [3.8, 4) is 22.1 Å². The Bertz CT molecular complexity index is 1390. The van der Waals surface area contributed by atoms with Crippen molar-refractivity contribution in [1.29, 1.82) is 0 Å². The Morgan fingerprint density at radius 2 is 1.95 bits per heavy atom.